The fourth-order valence-corrected chi connectivity index (χ4v) is 3.47. The Morgan fingerprint density at radius 3 is 2.73 bits per heavy atom. The largest absolute Gasteiger partial charge is 0.491 e. The van der Waals surface area contributed by atoms with Crippen LogP contribution in [0.3, 0.4) is 0 Å². The van der Waals surface area contributed by atoms with Gasteiger partial charge in [0.2, 0.25) is 0 Å². The quantitative estimate of drug-likeness (QED) is 0.847. The molecule has 0 unspecified atom stereocenters. The van der Waals surface area contributed by atoms with Gasteiger partial charge in [0.05, 0.1) is 12.3 Å². The van der Waals surface area contributed by atoms with Crippen LogP contribution in [-0.2, 0) is 6.42 Å². The number of hydrogen-bond donors (Lipinski definition) is 1. The maximum Gasteiger partial charge on any atom is 0.145 e. The van der Waals surface area contributed by atoms with E-state index in [-0.39, 0.29) is 0 Å². The number of nitrogens with zero attached hydrogens (tertiary/aromatic N) is 2. The average Bonchev–Trinajstić information content (AvgIpc) is 2.81. The van der Waals surface area contributed by atoms with Crippen molar-refractivity contribution in [3.8, 4) is 5.75 Å². The van der Waals surface area contributed by atoms with E-state index in [2.05, 4.69) is 28.0 Å². The number of para-hydroxylation sites is 1. The molecule has 4 nitrogen and oxygen atoms in total. The van der Waals surface area contributed by atoms with Crippen LogP contribution in [0.4, 0.5) is 5.69 Å². The van der Waals surface area contributed by atoms with E-state index >= 15 is 0 Å². The van der Waals surface area contributed by atoms with Crippen LogP contribution in [0.2, 0.25) is 0 Å². The minimum atomic E-state index is 0.813. The van der Waals surface area contributed by atoms with Crippen molar-refractivity contribution in [3.63, 3.8) is 0 Å². The number of benzene rings is 1. The first-order valence-corrected chi connectivity index (χ1v) is 8.80. The van der Waals surface area contributed by atoms with Gasteiger partial charge in [-0.25, -0.2) is 0 Å². The van der Waals surface area contributed by atoms with E-state index in [4.69, 9.17) is 10.5 Å². The Labute approximate surface area is 134 Å². The molecule has 1 saturated heterocycles. The van der Waals surface area contributed by atoms with E-state index in [9.17, 15) is 0 Å². The Bertz CT molecular complexity index is 469. The molecular weight excluding hydrogens is 274 g/mol. The Morgan fingerprint density at radius 1 is 1.05 bits per heavy atom. The molecule has 122 valence electrons. The van der Waals surface area contributed by atoms with Crippen LogP contribution >= 0.6 is 0 Å². The van der Waals surface area contributed by atoms with E-state index in [1.54, 1.807) is 0 Å². The number of piperazine rings is 1. The van der Waals surface area contributed by atoms with Crippen molar-refractivity contribution in [2.24, 2.45) is 5.73 Å². The van der Waals surface area contributed by atoms with Gasteiger partial charge in [-0.05, 0) is 56.8 Å². The van der Waals surface area contributed by atoms with Crippen LogP contribution < -0.4 is 15.4 Å². The Balaban J connectivity index is 1.62. The summed E-state index contributed by atoms with van der Waals surface area (Å²) in [6.45, 7) is 7.36. The van der Waals surface area contributed by atoms with Gasteiger partial charge in [-0.3, -0.25) is 4.90 Å². The monoisotopic (exact) mass is 303 g/mol. The molecule has 0 atom stereocenters. The van der Waals surface area contributed by atoms with Crippen molar-refractivity contribution in [1.82, 2.24) is 4.90 Å². The Morgan fingerprint density at radius 2 is 1.91 bits per heavy atom. The van der Waals surface area contributed by atoms with Crippen molar-refractivity contribution in [3.05, 3.63) is 23.8 Å². The van der Waals surface area contributed by atoms with Gasteiger partial charge in [0.1, 0.15) is 5.75 Å². The Hall–Kier alpha value is -1.26. The first-order chi connectivity index (χ1) is 10.9. The van der Waals surface area contributed by atoms with Crippen LogP contribution in [0.1, 0.15) is 31.2 Å². The lowest BCUT2D eigenvalue weighted by molar-refractivity contribution is 0.252. The van der Waals surface area contributed by atoms with E-state index < -0.39 is 0 Å². The zero-order chi connectivity index (χ0) is 15.2. The van der Waals surface area contributed by atoms with Crippen LogP contribution in [0.25, 0.3) is 0 Å². The second-order valence-electron chi connectivity index (χ2n) is 6.40. The fraction of sp³-hybridized carbons (Fsp3) is 0.667. The molecule has 3 rings (SSSR count). The SMILES string of the molecule is NCCCCN1CCN(c2cccc3c2OCCCC3)CC1. The smallest absolute Gasteiger partial charge is 0.145 e. The van der Waals surface area contributed by atoms with Gasteiger partial charge in [-0.1, -0.05) is 12.1 Å². The number of ether oxygens (including phenoxy) is 1. The second kappa shape index (κ2) is 7.84. The summed E-state index contributed by atoms with van der Waals surface area (Å²) >= 11 is 0. The van der Waals surface area contributed by atoms with Gasteiger partial charge in [0, 0.05) is 26.2 Å². The van der Waals surface area contributed by atoms with Gasteiger partial charge >= 0.3 is 0 Å². The number of hydrogen-bond acceptors (Lipinski definition) is 4. The summed E-state index contributed by atoms with van der Waals surface area (Å²) < 4.78 is 6.07. The summed E-state index contributed by atoms with van der Waals surface area (Å²) in [6, 6.07) is 6.65. The summed E-state index contributed by atoms with van der Waals surface area (Å²) in [4.78, 5) is 5.07. The van der Waals surface area contributed by atoms with Crippen LogP contribution in [0.15, 0.2) is 18.2 Å². The molecule has 2 heterocycles. The van der Waals surface area contributed by atoms with Crippen molar-refractivity contribution >= 4 is 5.69 Å². The van der Waals surface area contributed by atoms with Gasteiger partial charge in [0.15, 0.2) is 0 Å². The fourth-order valence-electron chi connectivity index (χ4n) is 3.47. The zero-order valence-corrected chi connectivity index (χ0v) is 13.6. The lowest BCUT2D eigenvalue weighted by Gasteiger charge is -2.37. The molecule has 0 saturated carbocycles. The normalized spacial score (nSPS) is 19.4. The molecule has 2 aliphatic heterocycles. The topological polar surface area (TPSA) is 41.7 Å². The Kier molecular flexibility index (Phi) is 5.57. The van der Waals surface area contributed by atoms with E-state index in [1.807, 2.05) is 0 Å². The second-order valence-corrected chi connectivity index (χ2v) is 6.40. The number of aryl methyl sites for hydroxylation is 1. The summed E-state index contributed by atoms with van der Waals surface area (Å²) in [5.41, 5.74) is 8.27. The molecule has 0 spiro atoms. The van der Waals surface area contributed by atoms with E-state index in [1.165, 1.54) is 37.1 Å². The molecule has 0 aromatic heterocycles. The average molecular weight is 303 g/mol. The lowest BCUT2D eigenvalue weighted by Crippen LogP contribution is -2.46. The summed E-state index contributed by atoms with van der Waals surface area (Å²) in [7, 11) is 0. The maximum absolute atomic E-state index is 6.07. The van der Waals surface area contributed by atoms with Gasteiger partial charge < -0.3 is 15.4 Å². The number of rotatable bonds is 5. The molecule has 1 aromatic carbocycles. The predicted molar refractivity (Wildman–Crippen MR) is 91.8 cm³/mol. The summed E-state index contributed by atoms with van der Waals surface area (Å²) in [5.74, 6) is 1.15. The highest BCUT2D eigenvalue weighted by Gasteiger charge is 2.21. The van der Waals surface area contributed by atoms with Crippen molar-refractivity contribution < 1.29 is 4.74 Å². The van der Waals surface area contributed by atoms with E-state index in [0.717, 1.165) is 57.9 Å². The third kappa shape index (κ3) is 3.73. The zero-order valence-electron chi connectivity index (χ0n) is 13.6. The van der Waals surface area contributed by atoms with Gasteiger partial charge in [0.25, 0.3) is 0 Å². The van der Waals surface area contributed by atoms with Crippen molar-refractivity contribution in [1.29, 1.82) is 0 Å². The standard InChI is InChI=1S/C18H29N3O/c19-9-2-3-10-20-11-13-21(14-12-20)17-8-5-7-16-6-1-4-15-22-18(16)17/h5,7-8H,1-4,6,9-15,19H2. The number of nitrogens with two attached hydrogens (primary N) is 1. The first kappa shape index (κ1) is 15.6. The van der Waals surface area contributed by atoms with Crippen molar-refractivity contribution in [2.75, 3.05) is 50.8 Å². The van der Waals surface area contributed by atoms with Crippen molar-refractivity contribution in [2.45, 2.75) is 32.1 Å². The van der Waals surface area contributed by atoms with Gasteiger partial charge in [-0.2, -0.15) is 0 Å². The summed E-state index contributed by atoms with van der Waals surface area (Å²) in [6.07, 6.45) is 5.93. The minimum Gasteiger partial charge on any atom is -0.491 e. The minimum absolute atomic E-state index is 0.813. The van der Waals surface area contributed by atoms with Crippen LogP contribution in [0.5, 0.6) is 5.75 Å². The molecule has 0 radical (unpaired) electrons. The summed E-state index contributed by atoms with van der Waals surface area (Å²) in [5, 5.41) is 0. The molecular formula is C18H29N3O. The molecule has 2 N–H and O–H groups in total. The highest BCUT2D eigenvalue weighted by molar-refractivity contribution is 5.62. The van der Waals surface area contributed by atoms with Crippen LogP contribution in [0, 0.1) is 0 Å². The van der Waals surface area contributed by atoms with Crippen LogP contribution in [-0.4, -0.2) is 50.8 Å². The molecule has 0 bridgehead atoms. The lowest BCUT2D eigenvalue weighted by atomic mass is 10.1. The molecule has 2 aliphatic rings. The third-order valence-electron chi connectivity index (χ3n) is 4.80. The van der Waals surface area contributed by atoms with Gasteiger partial charge in [-0.15, -0.1) is 0 Å². The number of anilines is 1. The third-order valence-corrected chi connectivity index (χ3v) is 4.80. The number of unbranched alkanes of at least 4 members (excludes halogenated alkanes) is 1. The van der Waals surface area contributed by atoms with E-state index in [0.29, 0.717) is 0 Å². The highest BCUT2D eigenvalue weighted by Crippen LogP contribution is 2.35. The molecule has 0 aliphatic carbocycles. The molecule has 0 amide bonds. The first-order valence-electron chi connectivity index (χ1n) is 8.80. The number of fused-ring (bicyclic) bond motifs is 1. The highest BCUT2D eigenvalue weighted by atomic mass is 16.5. The predicted octanol–water partition coefficient (Wildman–Crippen LogP) is 2.26. The molecule has 4 heteroatoms. The maximum atomic E-state index is 6.07. The molecule has 1 fully saturated rings. The molecule has 1 aromatic rings. The molecule has 22 heavy (non-hydrogen) atoms.